The molecule has 1 N–H and O–H groups in total. The van der Waals surface area contributed by atoms with E-state index in [4.69, 9.17) is 4.74 Å². The van der Waals surface area contributed by atoms with Crippen molar-refractivity contribution in [2.24, 2.45) is 5.92 Å². The maximum absolute atomic E-state index is 10.7. The fourth-order valence-corrected chi connectivity index (χ4v) is 4.47. The zero-order valence-corrected chi connectivity index (χ0v) is 14.8. The SMILES string of the molecule is C=C(C)[C@H]1CCC2(C)C[C@H]1c1c(O)cc(CCCCC)cc1O2. The van der Waals surface area contributed by atoms with Crippen molar-refractivity contribution < 1.29 is 9.84 Å². The maximum Gasteiger partial charge on any atom is 0.127 e. The summed E-state index contributed by atoms with van der Waals surface area (Å²) in [5.74, 6) is 2.15. The number of aryl methyl sites for hydroxylation is 1. The Labute approximate surface area is 140 Å². The Morgan fingerprint density at radius 1 is 1.39 bits per heavy atom. The van der Waals surface area contributed by atoms with Crippen molar-refractivity contribution in [3.8, 4) is 11.5 Å². The molecule has 2 aliphatic rings. The van der Waals surface area contributed by atoms with Gasteiger partial charge in [0.05, 0.1) is 0 Å². The molecule has 1 fully saturated rings. The van der Waals surface area contributed by atoms with Crippen molar-refractivity contribution in [2.75, 3.05) is 0 Å². The summed E-state index contributed by atoms with van der Waals surface area (Å²) in [5, 5.41) is 10.7. The number of ether oxygens (including phenoxy) is 1. The number of hydrogen-bond acceptors (Lipinski definition) is 2. The van der Waals surface area contributed by atoms with Gasteiger partial charge in [0.2, 0.25) is 0 Å². The Balaban J connectivity index is 1.96. The molecule has 0 spiro atoms. The molecule has 0 saturated heterocycles. The Morgan fingerprint density at radius 3 is 2.87 bits per heavy atom. The van der Waals surface area contributed by atoms with Crippen molar-refractivity contribution in [1.29, 1.82) is 0 Å². The third-order valence-corrected chi connectivity index (χ3v) is 5.73. The number of allylic oxidation sites excluding steroid dienone is 1. The number of benzene rings is 1. The minimum atomic E-state index is -0.0852. The van der Waals surface area contributed by atoms with Gasteiger partial charge in [-0.2, -0.15) is 0 Å². The number of unbranched alkanes of at least 4 members (excludes halogenated alkanes) is 2. The first-order valence-corrected chi connectivity index (χ1v) is 9.14. The second-order valence-electron chi connectivity index (χ2n) is 7.84. The van der Waals surface area contributed by atoms with Crippen LogP contribution in [0.4, 0.5) is 0 Å². The largest absolute Gasteiger partial charge is 0.508 e. The molecule has 126 valence electrons. The molecule has 1 saturated carbocycles. The molecule has 0 aromatic heterocycles. The third kappa shape index (κ3) is 3.13. The van der Waals surface area contributed by atoms with E-state index in [0.717, 1.165) is 37.0 Å². The molecule has 1 aromatic carbocycles. The topological polar surface area (TPSA) is 29.5 Å². The van der Waals surface area contributed by atoms with Gasteiger partial charge in [-0.15, -0.1) is 0 Å². The van der Waals surface area contributed by atoms with Crippen LogP contribution in [0, 0.1) is 5.92 Å². The normalized spacial score (nSPS) is 28.8. The number of phenolic OH excluding ortho intramolecular Hbond substituents is 1. The fourth-order valence-electron chi connectivity index (χ4n) is 4.47. The molecule has 2 bridgehead atoms. The second-order valence-corrected chi connectivity index (χ2v) is 7.84. The summed E-state index contributed by atoms with van der Waals surface area (Å²) in [4.78, 5) is 0. The average Bonchev–Trinajstić information content (AvgIpc) is 2.46. The summed E-state index contributed by atoms with van der Waals surface area (Å²) in [5.41, 5.74) is 3.37. The van der Waals surface area contributed by atoms with E-state index < -0.39 is 0 Å². The molecule has 3 rings (SSSR count). The number of aromatic hydroxyl groups is 1. The quantitative estimate of drug-likeness (QED) is 0.555. The van der Waals surface area contributed by atoms with Gasteiger partial charge >= 0.3 is 0 Å². The Bertz CT molecular complexity index is 604. The molecule has 1 aliphatic heterocycles. The van der Waals surface area contributed by atoms with Crippen LogP contribution >= 0.6 is 0 Å². The van der Waals surface area contributed by atoms with Crippen LogP contribution < -0.4 is 4.74 Å². The van der Waals surface area contributed by atoms with E-state index in [-0.39, 0.29) is 5.60 Å². The fraction of sp³-hybridized carbons (Fsp3) is 0.619. The zero-order chi connectivity index (χ0) is 16.6. The van der Waals surface area contributed by atoms with Crippen LogP contribution in [-0.4, -0.2) is 10.7 Å². The number of hydrogen-bond donors (Lipinski definition) is 1. The summed E-state index contributed by atoms with van der Waals surface area (Å²) in [6.07, 6.45) is 7.80. The molecule has 2 nitrogen and oxygen atoms in total. The second kappa shape index (κ2) is 6.22. The van der Waals surface area contributed by atoms with Gasteiger partial charge in [0.1, 0.15) is 17.1 Å². The minimum absolute atomic E-state index is 0.0852. The van der Waals surface area contributed by atoms with Gasteiger partial charge in [0.15, 0.2) is 0 Å². The highest BCUT2D eigenvalue weighted by molar-refractivity contribution is 5.52. The van der Waals surface area contributed by atoms with Crippen molar-refractivity contribution in [2.45, 2.75) is 77.2 Å². The van der Waals surface area contributed by atoms with Crippen LogP contribution in [-0.2, 0) is 6.42 Å². The predicted octanol–water partition coefficient (Wildman–Crippen LogP) is 5.74. The number of rotatable bonds is 5. The first-order valence-electron chi connectivity index (χ1n) is 9.14. The van der Waals surface area contributed by atoms with Crippen molar-refractivity contribution in [3.63, 3.8) is 0 Å². The first kappa shape index (κ1) is 16.4. The van der Waals surface area contributed by atoms with Crippen LogP contribution in [0.5, 0.6) is 11.5 Å². The maximum atomic E-state index is 10.7. The monoisotopic (exact) mass is 314 g/mol. The van der Waals surface area contributed by atoms with Crippen LogP contribution in [0.15, 0.2) is 24.3 Å². The summed E-state index contributed by atoms with van der Waals surface area (Å²) >= 11 is 0. The summed E-state index contributed by atoms with van der Waals surface area (Å²) in [6.45, 7) is 10.8. The summed E-state index contributed by atoms with van der Waals surface area (Å²) in [7, 11) is 0. The van der Waals surface area contributed by atoms with Crippen LogP contribution in [0.3, 0.4) is 0 Å². The Kier molecular flexibility index (Phi) is 4.44. The number of fused-ring (bicyclic) bond motifs is 4. The van der Waals surface area contributed by atoms with E-state index in [1.807, 2.05) is 6.07 Å². The molecule has 1 heterocycles. The summed E-state index contributed by atoms with van der Waals surface area (Å²) < 4.78 is 6.36. The van der Waals surface area contributed by atoms with Gasteiger partial charge in [-0.3, -0.25) is 0 Å². The summed E-state index contributed by atoms with van der Waals surface area (Å²) in [6, 6.07) is 4.14. The van der Waals surface area contributed by atoms with Crippen LogP contribution in [0.25, 0.3) is 0 Å². The number of phenols is 1. The van der Waals surface area contributed by atoms with E-state index in [1.54, 1.807) is 0 Å². The molecule has 1 aromatic rings. The molecule has 3 atom stereocenters. The third-order valence-electron chi connectivity index (χ3n) is 5.73. The van der Waals surface area contributed by atoms with Crippen molar-refractivity contribution in [1.82, 2.24) is 0 Å². The van der Waals surface area contributed by atoms with Gasteiger partial charge in [0, 0.05) is 11.5 Å². The zero-order valence-electron chi connectivity index (χ0n) is 14.8. The van der Waals surface area contributed by atoms with E-state index >= 15 is 0 Å². The Morgan fingerprint density at radius 2 is 2.17 bits per heavy atom. The smallest absolute Gasteiger partial charge is 0.127 e. The highest BCUT2D eigenvalue weighted by Crippen LogP contribution is 2.55. The van der Waals surface area contributed by atoms with Crippen molar-refractivity contribution >= 4 is 0 Å². The molecule has 2 heteroatoms. The lowest BCUT2D eigenvalue weighted by molar-refractivity contribution is 0.00630. The molecular formula is C21H30O2. The van der Waals surface area contributed by atoms with Crippen LogP contribution in [0.2, 0.25) is 0 Å². The van der Waals surface area contributed by atoms with Gasteiger partial charge in [-0.25, -0.2) is 0 Å². The van der Waals surface area contributed by atoms with E-state index in [1.165, 1.54) is 30.4 Å². The van der Waals surface area contributed by atoms with Gasteiger partial charge in [-0.05, 0) is 69.6 Å². The predicted molar refractivity (Wildman–Crippen MR) is 95.3 cm³/mol. The average molecular weight is 314 g/mol. The molecule has 23 heavy (non-hydrogen) atoms. The van der Waals surface area contributed by atoms with Crippen molar-refractivity contribution in [3.05, 3.63) is 35.4 Å². The highest BCUT2D eigenvalue weighted by atomic mass is 16.5. The van der Waals surface area contributed by atoms with Gasteiger partial charge in [-0.1, -0.05) is 31.9 Å². The van der Waals surface area contributed by atoms with Gasteiger partial charge in [0.25, 0.3) is 0 Å². The van der Waals surface area contributed by atoms with E-state index in [9.17, 15) is 5.11 Å². The first-order chi connectivity index (χ1) is 10.9. The Hall–Kier alpha value is -1.44. The van der Waals surface area contributed by atoms with Crippen LogP contribution in [0.1, 0.15) is 76.3 Å². The lowest BCUT2D eigenvalue weighted by Crippen LogP contribution is -2.44. The minimum Gasteiger partial charge on any atom is -0.508 e. The van der Waals surface area contributed by atoms with E-state index in [2.05, 4.69) is 33.4 Å². The molecule has 0 radical (unpaired) electrons. The molecule has 1 aliphatic carbocycles. The van der Waals surface area contributed by atoms with E-state index in [0.29, 0.717) is 17.6 Å². The molecule has 0 amide bonds. The highest BCUT2D eigenvalue weighted by Gasteiger charge is 2.46. The van der Waals surface area contributed by atoms with Gasteiger partial charge < -0.3 is 9.84 Å². The lowest BCUT2D eigenvalue weighted by Gasteiger charge is -2.48. The molecule has 1 unspecified atom stereocenters. The lowest BCUT2D eigenvalue weighted by atomic mass is 9.65. The molecular weight excluding hydrogens is 284 g/mol. The standard InChI is InChI=1S/C21H30O2/c1-5-6-7-8-15-11-18(22)20-17-13-21(4,23-19(20)12-15)10-9-16(17)14(2)3/h11-12,16-17,22H,2,5-10,13H2,1,3-4H3/t16-,17-,21?/m1/s1.